The maximum absolute atomic E-state index is 5.93. The number of para-hydroxylation sites is 1. The molecular weight excluding hydrogens is 334 g/mol. The molecule has 0 atom stereocenters. The Morgan fingerprint density at radius 3 is 2.75 bits per heavy atom. The lowest BCUT2D eigenvalue weighted by Gasteiger charge is -2.25. The van der Waals surface area contributed by atoms with Crippen molar-refractivity contribution in [2.24, 2.45) is 0 Å². The third kappa shape index (κ3) is 2.72. The SMILES string of the molecule is ClCc1ccc(N2CCCCc3ccccc32)cc1Br. The molecule has 0 spiro atoms. The number of nitrogens with zero attached hydrogens (tertiary/aromatic N) is 1. The van der Waals surface area contributed by atoms with E-state index in [0.717, 1.165) is 16.6 Å². The molecule has 104 valence electrons. The van der Waals surface area contributed by atoms with Gasteiger partial charge in [-0.1, -0.05) is 40.2 Å². The van der Waals surface area contributed by atoms with Crippen molar-refractivity contribution in [2.45, 2.75) is 25.1 Å². The van der Waals surface area contributed by atoms with Crippen LogP contribution >= 0.6 is 27.5 Å². The molecule has 0 saturated carbocycles. The van der Waals surface area contributed by atoms with Crippen molar-refractivity contribution in [3.8, 4) is 0 Å². The van der Waals surface area contributed by atoms with Gasteiger partial charge in [0.05, 0.1) is 0 Å². The maximum Gasteiger partial charge on any atom is 0.0485 e. The fourth-order valence-corrected chi connectivity index (χ4v) is 3.67. The highest BCUT2D eigenvalue weighted by atomic mass is 79.9. The lowest BCUT2D eigenvalue weighted by atomic mass is 10.1. The molecule has 20 heavy (non-hydrogen) atoms. The summed E-state index contributed by atoms with van der Waals surface area (Å²) in [6, 6.07) is 15.2. The quantitative estimate of drug-likeness (QED) is 0.631. The average Bonchev–Trinajstić information content (AvgIpc) is 2.69. The second kappa shape index (κ2) is 6.19. The van der Waals surface area contributed by atoms with Crippen LogP contribution in [0.1, 0.15) is 24.0 Å². The summed E-state index contributed by atoms with van der Waals surface area (Å²) < 4.78 is 1.09. The van der Waals surface area contributed by atoms with Gasteiger partial charge < -0.3 is 4.90 Å². The number of aryl methyl sites for hydroxylation is 1. The Labute approximate surface area is 133 Å². The fraction of sp³-hybridized carbons (Fsp3) is 0.294. The van der Waals surface area contributed by atoms with E-state index < -0.39 is 0 Å². The highest BCUT2D eigenvalue weighted by Crippen LogP contribution is 2.34. The highest BCUT2D eigenvalue weighted by molar-refractivity contribution is 9.10. The molecule has 0 aromatic heterocycles. The summed E-state index contributed by atoms with van der Waals surface area (Å²) in [6.07, 6.45) is 3.66. The molecule has 0 radical (unpaired) electrons. The van der Waals surface area contributed by atoms with Gasteiger partial charge in [0.2, 0.25) is 0 Å². The number of rotatable bonds is 2. The van der Waals surface area contributed by atoms with Gasteiger partial charge in [0.25, 0.3) is 0 Å². The lowest BCUT2D eigenvalue weighted by Crippen LogP contribution is -2.17. The van der Waals surface area contributed by atoms with E-state index in [-0.39, 0.29) is 0 Å². The van der Waals surface area contributed by atoms with E-state index in [1.54, 1.807) is 0 Å². The largest absolute Gasteiger partial charge is 0.341 e. The summed E-state index contributed by atoms with van der Waals surface area (Å²) in [7, 11) is 0. The van der Waals surface area contributed by atoms with E-state index in [0.29, 0.717) is 5.88 Å². The van der Waals surface area contributed by atoms with Crippen LogP contribution in [0.4, 0.5) is 11.4 Å². The van der Waals surface area contributed by atoms with Crippen LogP contribution < -0.4 is 4.90 Å². The van der Waals surface area contributed by atoms with Crippen molar-refractivity contribution in [1.82, 2.24) is 0 Å². The first-order valence-electron chi connectivity index (χ1n) is 6.99. The predicted molar refractivity (Wildman–Crippen MR) is 90.1 cm³/mol. The standard InChI is InChI=1S/C17H17BrClN/c18-16-11-15(9-8-14(16)12-19)20-10-4-3-6-13-5-1-2-7-17(13)20/h1-2,5,7-9,11H,3-4,6,10,12H2. The van der Waals surface area contributed by atoms with Gasteiger partial charge in [-0.3, -0.25) is 0 Å². The summed E-state index contributed by atoms with van der Waals surface area (Å²) in [5, 5.41) is 0. The normalized spacial score (nSPS) is 14.8. The van der Waals surface area contributed by atoms with E-state index >= 15 is 0 Å². The monoisotopic (exact) mass is 349 g/mol. The van der Waals surface area contributed by atoms with E-state index in [1.807, 2.05) is 0 Å². The Balaban J connectivity index is 2.03. The molecule has 2 aromatic rings. The molecule has 0 N–H and O–H groups in total. The summed E-state index contributed by atoms with van der Waals surface area (Å²) in [5.41, 5.74) is 5.16. The minimum absolute atomic E-state index is 0.539. The predicted octanol–water partition coefficient (Wildman–Crippen LogP) is 5.66. The second-order valence-electron chi connectivity index (χ2n) is 5.15. The van der Waals surface area contributed by atoms with Gasteiger partial charge in [-0.15, -0.1) is 11.6 Å². The zero-order valence-electron chi connectivity index (χ0n) is 11.3. The Kier molecular flexibility index (Phi) is 4.32. The topological polar surface area (TPSA) is 3.24 Å². The molecule has 0 aliphatic carbocycles. The van der Waals surface area contributed by atoms with Crippen molar-refractivity contribution in [3.63, 3.8) is 0 Å². The molecule has 0 fully saturated rings. The Morgan fingerprint density at radius 1 is 1.10 bits per heavy atom. The number of alkyl halides is 1. The van der Waals surface area contributed by atoms with Crippen molar-refractivity contribution in [2.75, 3.05) is 11.4 Å². The van der Waals surface area contributed by atoms with E-state index in [2.05, 4.69) is 63.3 Å². The molecule has 1 aliphatic rings. The summed E-state index contributed by atoms with van der Waals surface area (Å²) in [4.78, 5) is 2.42. The highest BCUT2D eigenvalue weighted by Gasteiger charge is 2.16. The van der Waals surface area contributed by atoms with Crippen LogP contribution in [-0.2, 0) is 12.3 Å². The lowest BCUT2D eigenvalue weighted by molar-refractivity contribution is 0.761. The summed E-state index contributed by atoms with van der Waals surface area (Å²) in [5.74, 6) is 0.539. The second-order valence-corrected chi connectivity index (χ2v) is 6.27. The van der Waals surface area contributed by atoms with Crippen LogP contribution in [0.15, 0.2) is 46.9 Å². The number of hydrogen-bond donors (Lipinski definition) is 0. The first-order chi connectivity index (χ1) is 9.79. The number of halogens is 2. The first kappa shape index (κ1) is 14.0. The van der Waals surface area contributed by atoms with Crippen LogP contribution in [0, 0.1) is 0 Å². The number of hydrogen-bond acceptors (Lipinski definition) is 1. The molecule has 0 unspecified atom stereocenters. The molecule has 0 bridgehead atoms. The van der Waals surface area contributed by atoms with Crippen molar-refractivity contribution < 1.29 is 0 Å². The van der Waals surface area contributed by atoms with Crippen molar-refractivity contribution in [1.29, 1.82) is 0 Å². The minimum Gasteiger partial charge on any atom is -0.341 e. The zero-order valence-corrected chi connectivity index (χ0v) is 13.6. The van der Waals surface area contributed by atoms with Crippen molar-refractivity contribution >= 4 is 38.9 Å². The van der Waals surface area contributed by atoms with Crippen LogP contribution in [0.2, 0.25) is 0 Å². The van der Waals surface area contributed by atoms with Crippen LogP contribution in [-0.4, -0.2) is 6.54 Å². The Morgan fingerprint density at radius 2 is 1.95 bits per heavy atom. The van der Waals surface area contributed by atoms with Gasteiger partial charge in [0, 0.05) is 28.3 Å². The molecule has 1 heterocycles. The molecule has 0 amide bonds. The number of benzene rings is 2. The minimum atomic E-state index is 0.539. The van der Waals surface area contributed by atoms with E-state index in [1.165, 1.54) is 36.2 Å². The Hall–Kier alpha value is -0.990. The Bertz CT molecular complexity index is 612. The number of anilines is 2. The molecule has 1 nitrogen and oxygen atoms in total. The summed E-state index contributed by atoms with van der Waals surface area (Å²) in [6.45, 7) is 1.07. The van der Waals surface area contributed by atoms with Crippen LogP contribution in [0.5, 0.6) is 0 Å². The molecule has 3 heteroatoms. The van der Waals surface area contributed by atoms with E-state index in [4.69, 9.17) is 11.6 Å². The molecule has 3 rings (SSSR count). The van der Waals surface area contributed by atoms with Gasteiger partial charge in [-0.05, 0) is 48.6 Å². The van der Waals surface area contributed by atoms with Gasteiger partial charge in [0.15, 0.2) is 0 Å². The van der Waals surface area contributed by atoms with Gasteiger partial charge >= 0.3 is 0 Å². The zero-order chi connectivity index (χ0) is 13.9. The molecule has 2 aromatic carbocycles. The molecular formula is C17H17BrClN. The smallest absolute Gasteiger partial charge is 0.0485 e. The van der Waals surface area contributed by atoms with Gasteiger partial charge in [-0.25, -0.2) is 0 Å². The maximum atomic E-state index is 5.93. The molecule has 1 aliphatic heterocycles. The van der Waals surface area contributed by atoms with Crippen molar-refractivity contribution in [3.05, 3.63) is 58.1 Å². The first-order valence-corrected chi connectivity index (χ1v) is 8.32. The van der Waals surface area contributed by atoms with E-state index in [9.17, 15) is 0 Å². The average molecular weight is 351 g/mol. The third-order valence-corrected chi connectivity index (χ3v) is 4.88. The van der Waals surface area contributed by atoms with Gasteiger partial charge in [0.1, 0.15) is 0 Å². The number of fused-ring (bicyclic) bond motifs is 1. The third-order valence-electron chi connectivity index (χ3n) is 3.85. The van der Waals surface area contributed by atoms with Gasteiger partial charge in [-0.2, -0.15) is 0 Å². The van der Waals surface area contributed by atoms with Crippen LogP contribution in [0.3, 0.4) is 0 Å². The fourth-order valence-electron chi connectivity index (χ4n) is 2.77. The molecule has 0 saturated heterocycles. The van der Waals surface area contributed by atoms with Crippen LogP contribution in [0.25, 0.3) is 0 Å². The summed E-state index contributed by atoms with van der Waals surface area (Å²) >= 11 is 9.56.